The van der Waals surface area contributed by atoms with E-state index in [0.717, 1.165) is 44.1 Å². The minimum absolute atomic E-state index is 0.0471. The Kier molecular flexibility index (Phi) is 4.07. The van der Waals surface area contributed by atoms with Crippen molar-refractivity contribution in [1.82, 2.24) is 0 Å². The van der Waals surface area contributed by atoms with E-state index in [9.17, 15) is 9.59 Å². The zero-order valence-corrected chi connectivity index (χ0v) is 19.4. The number of aryl methyl sites for hydroxylation is 1. The fourth-order valence-corrected chi connectivity index (χ4v) is 8.63. The summed E-state index contributed by atoms with van der Waals surface area (Å²) in [6, 6.07) is 1.60. The van der Waals surface area contributed by atoms with Gasteiger partial charge in [-0.15, -0.1) is 0 Å². The average molecular weight is 413 g/mol. The monoisotopic (exact) mass is 412 g/mol. The second-order valence-corrected chi connectivity index (χ2v) is 12.0. The van der Waals surface area contributed by atoms with Crippen molar-refractivity contribution in [2.24, 2.45) is 34.0 Å². The first-order chi connectivity index (χ1) is 13.9. The Morgan fingerprint density at radius 1 is 0.900 bits per heavy atom. The molecule has 6 unspecified atom stereocenters. The van der Waals surface area contributed by atoms with Gasteiger partial charge in [0.2, 0.25) is 0 Å². The van der Waals surface area contributed by atoms with E-state index >= 15 is 0 Å². The molecule has 3 saturated carbocycles. The number of hydrogen-bond donors (Lipinski definition) is 0. The molecule has 4 nitrogen and oxygen atoms in total. The topological polar surface area (TPSA) is 56.5 Å². The lowest BCUT2D eigenvalue weighted by atomic mass is 9.37. The first-order valence-corrected chi connectivity index (χ1v) is 11.8. The van der Waals surface area contributed by atoms with Gasteiger partial charge in [0.25, 0.3) is 5.95 Å². The van der Waals surface area contributed by atoms with Gasteiger partial charge in [0.1, 0.15) is 17.1 Å². The van der Waals surface area contributed by atoms with E-state index in [1.54, 1.807) is 6.07 Å². The Labute approximate surface area is 179 Å². The van der Waals surface area contributed by atoms with Crippen molar-refractivity contribution in [3.63, 3.8) is 0 Å². The predicted octanol–water partition coefficient (Wildman–Crippen LogP) is 5.48. The maximum absolute atomic E-state index is 12.8. The summed E-state index contributed by atoms with van der Waals surface area (Å²) in [6.07, 6.45) is 6.73. The largest absolute Gasteiger partial charge is 0.458 e. The summed E-state index contributed by atoms with van der Waals surface area (Å²) < 4.78 is 12.4. The fraction of sp³-hybridized carbons (Fsp3) is 0.769. The quantitative estimate of drug-likeness (QED) is 0.566. The molecule has 6 atom stereocenters. The molecule has 1 aromatic rings. The van der Waals surface area contributed by atoms with Crippen LogP contribution in [0.15, 0.2) is 15.3 Å². The van der Waals surface area contributed by atoms with Gasteiger partial charge in [0.15, 0.2) is 5.43 Å². The van der Waals surface area contributed by atoms with Crippen LogP contribution in [0.3, 0.4) is 0 Å². The fourth-order valence-electron chi connectivity index (χ4n) is 8.63. The highest BCUT2D eigenvalue weighted by atomic mass is 16.6. The minimum Gasteiger partial charge on any atom is -0.458 e. The van der Waals surface area contributed by atoms with Crippen LogP contribution in [0.4, 0.5) is 0 Å². The van der Waals surface area contributed by atoms with Crippen molar-refractivity contribution in [2.75, 3.05) is 0 Å². The van der Waals surface area contributed by atoms with E-state index in [-0.39, 0.29) is 27.3 Å². The number of hydrogen-bond acceptors (Lipinski definition) is 4. The Morgan fingerprint density at radius 3 is 2.30 bits per heavy atom. The molecule has 3 fully saturated rings. The molecule has 1 aromatic heterocycles. The summed E-state index contributed by atoms with van der Waals surface area (Å²) in [5, 5.41) is 0. The number of carbonyl (C=O) groups excluding carboxylic acids is 1. The Hall–Kier alpha value is -1.58. The third-order valence-electron chi connectivity index (χ3n) is 10.2. The van der Waals surface area contributed by atoms with Gasteiger partial charge >= 0.3 is 0 Å². The lowest BCUT2D eigenvalue weighted by Crippen LogP contribution is -2.66. The van der Waals surface area contributed by atoms with Gasteiger partial charge < -0.3 is 9.15 Å². The maximum atomic E-state index is 12.8. The standard InChI is InChI=1S/C26H36O4/c1-15-13-17(27)16-14-20-25(5)10-7-18-23(2,3)21(28)9-11-24(18,4)19(25)8-12-26(20,6)30-22(16)29-15/h13,18-20H,7-12,14H2,1-6H3. The molecule has 0 saturated heterocycles. The van der Waals surface area contributed by atoms with Crippen LogP contribution in [0.1, 0.15) is 84.5 Å². The molecule has 0 spiro atoms. The van der Waals surface area contributed by atoms with Crippen molar-refractivity contribution in [1.29, 1.82) is 0 Å². The second-order valence-electron chi connectivity index (χ2n) is 12.0. The SMILES string of the molecule is Cc1cc(=O)c2c(o1)OC1(C)CCC3C(C)(CCC4C(C)(C)C(=O)CCC43C)C1C2. The van der Waals surface area contributed by atoms with Gasteiger partial charge in [-0.05, 0) is 75.0 Å². The van der Waals surface area contributed by atoms with Crippen LogP contribution in [0.5, 0.6) is 5.95 Å². The van der Waals surface area contributed by atoms with Crippen molar-refractivity contribution in [3.05, 3.63) is 27.6 Å². The lowest BCUT2D eigenvalue weighted by Gasteiger charge is -2.68. The summed E-state index contributed by atoms with van der Waals surface area (Å²) in [5.41, 5.74) is 0.504. The highest BCUT2D eigenvalue weighted by Gasteiger charge is 2.66. The Bertz CT molecular complexity index is 974. The zero-order valence-electron chi connectivity index (χ0n) is 19.4. The molecular weight excluding hydrogens is 376 g/mol. The first-order valence-electron chi connectivity index (χ1n) is 11.8. The molecule has 2 heterocycles. The summed E-state index contributed by atoms with van der Waals surface area (Å²) in [4.78, 5) is 25.5. The average Bonchev–Trinajstić information content (AvgIpc) is 2.63. The summed E-state index contributed by atoms with van der Waals surface area (Å²) in [5.74, 6) is 2.79. The summed E-state index contributed by atoms with van der Waals surface area (Å²) in [7, 11) is 0. The number of ketones is 1. The maximum Gasteiger partial charge on any atom is 0.292 e. The zero-order chi connectivity index (χ0) is 21.7. The van der Waals surface area contributed by atoms with Gasteiger partial charge in [-0.25, -0.2) is 0 Å². The molecule has 4 aliphatic rings. The van der Waals surface area contributed by atoms with E-state index in [4.69, 9.17) is 9.15 Å². The molecule has 4 heteroatoms. The van der Waals surface area contributed by atoms with E-state index in [1.807, 2.05) is 6.92 Å². The van der Waals surface area contributed by atoms with Crippen molar-refractivity contribution < 1.29 is 13.9 Å². The lowest BCUT2D eigenvalue weighted by molar-refractivity contribution is -0.209. The van der Waals surface area contributed by atoms with E-state index in [0.29, 0.717) is 41.7 Å². The summed E-state index contributed by atoms with van der Waals surface area (Å²) >= 11 is 0. The number of Topliss-reactive ketones (excluding diaryl/α,β-unsaturated/α-hetero) is 1. The van der Waals surface area contributed by atoms with E-state index in [1.165, 1.54) is 0 Å². The van der Waals surface area contributed by atoms with Crippen LogP contribution in [0.25, 0.3) is 0 Å². The minimum atomic E-state index is -0.300. The molecule has 164 valence electrons. The van der Waals surface area contributed by atoms with E-state index in [2.05, 4.69) is 34.6 Å². The molecule has 0 amide bonds. The molecular formula is C26H36O4. The van der Waals surface area contributed by atoms with Gasteiger partial charge in [0, 0.05) is 23.8 Å². The van der Waals surface area contributed by atoms with E-state index < -0.39 is 0 Å². The number of rotatable bonds is 0. The summed E-state index contributed by atoms with van der Waals surface area (Å²) in [6.45, 7) is 13.3. The smallest absolute Gasteiger partial charge is 0.292 e. The Balaban J connectivity index is 1.58. The number of ether oxygens (including phenoxy) is 1. The van der Waals surface area contributed by atoms with Crippen molar-refractivity contribution in [2.45, 2.75) is 92.1 Å². The highest BCUT2D eigenvalue weighted by molar-refractivity contribution is 5.85. The van der Waals surface area contributed by atoms with Crippen LogP contribution >= 0.6 is 0 Å². The molecule has 0 radical (unpaired) electrons. The third kappa shape index (κ3) is 2.45. The Morgan fingerprint density at radius 2 is 1.57 bits per heavy atom. The first kappa shape index (κ1) is 20.3. The predicted molar refractivity (Wildman–Crippen MR) is 116 cm³/mol. The normalized spacial score (nSPS) is 44.2. The molecule has 0 bridgehead atoms. The van der Waals surface area contributed by atoms with Gasteiger partial charge in [0.05, 0.1) is 5.56 Å². The number of carbonyl (C=O) groups is 1. The molecule has 0 N–H and O–H groups in total. The third-order valence-corrected chi connectivity index (χ3v) is 10.2. The number of fused-ring (bicyclic) bond motifs is 6. The molecule has 5 rings (SSSR count). The van der Waals surface area contributed by atoms with Crippen LogP contribution in [0, 0.1) is 40.9 Å². The van der Waals surface area contributed by atoms with Crippen LogP contribution in [-0.4, -0.2) is 11.4 Å². The molecule has 3 aliphatic carbocycles. The van der Waals surface area contributed by atoms with Crippen molar-refractivity contribution >= 4 is 5.78 Å². The van der Waals surface area contributed by atoms with Gasteiger partial charge in [-0.1, -0.05) is 27.7 Å². The highest BCUT2D eigenvalue weighted by Crippen LogP contribution is 2.70. The van der Waals surface area contributed by atoms with Crippen LogP contribution in [0.2, 0.25) is 0 Å². The molecule has 30 heavy (non-hydrogen) atoms. The van der Waals surface area contributed by atoms with Crippen LogP contribution < -0.4 is 10.2 Å². The van der Waals surface area contributed by atoms with Gasteiger partial charge in [-0.3, -0.25) is 9.59 Å². The molecule has 1 aliphatic heterocycles. The molecule has 0 aromatic carbocycles. The second kappa shape index (κ2) is 6.01. The van der Waals surface area contributed by atoms with Crippen molar-refractivity contribution in [3.8, 4) is 5.95 Å². The van der Waals surface area contributed by atoms with Crippen LogP contribution in [-0.2, 0) is 11.2 Å². The van der Waals surface area contributed by atoms with Gasteiger partial charge in [-0.2, -0.15) is 0 Å².